The number of nitrogens with one attached hydrogen (secondary N) is 2. The smallest absolute Gasteiger partial charge is 0.234 e. The monoisotopic (exact) mass is 258 g/mol. The van der Waals surface area contributed by atoms with Crippen molar-refractivity contribution in [2.75, 3.05) is 19.7 Å². The van der Waals surface area contributed by atoms with E-state index in [9.17, 15) is 4.79 Å². The van der Waals surface area contributed by atoms with Crippen LogP contribution in [-0.4, -0.2) is 40.0 Å². The van der Waals surface area contributed by atoms with Gasteiger partial charge >= 0.3 is 0 Å². The molecule has 0 unspecified atom stereocenters. The second kappa shape index (κ2) is 5.50. The Labute approximate surface area is 106 Å². The molecule has 0 aromatic rings. The molecule has 0 radical (unpaired) electrons. The molecule has 1 aliphatic heterocycles. The first-order chi connectivity index (χ1) is 7.72. The first-order valence-electron chi connectivity index (χ1n) is 6.36. The minimum atomic E-state index is -1.64. The van der Waals surface area contributed by atoms with Crippen LogP contribution in [0.15, 0.2) is 0 Å². The molecule has 17 heavy (non-hydrogen) atoms. The topological polar surface area (TPSA) is 50.4 Å². The lowest BCUT2D eigenvalue weighted by atomic mass is 10.2. The van der Waals surface area contributed by atoms with Crippen LogP contribution in [0.3, 0.4) is 0 Å². The molecule has 0 aliphatic carbocycles. The summed E-state index contributed by atoms with van der Waals surface area (Å²) in [5, 5.41) is 6.33. The van der Waals surface area contributed by atoms with Gasteiger partial charge in [-0.25, -0.2) is 0 Å². The van der Waals surface area contributed by atoms with Gasteiger partial charge in [-0.3, -0.25) is 4.79 Å². The Kier molecular flexibility index (Phi) is 4.74. The van der Waals surface area contributed by atoms with Gasteiger partial charge in [0.1, 0.15) is 0 Å². The molecule has 1 amide bonds. The maximum absolute atomic E-state index is 11.2. The van der Waals surface area contributed by atoms with Gasteiger partial charge < -0.3 is 15.1 Å². The molecule has 0 aromatic heterocycles. The third-order valence-corrected chi connectivity index (χ3v) is 8.31. The molecule has 0 saturated carbocycles. The molecule has 0 aromatic carbocycles. The minimum Gasteiger partial charge on any atom is -0.417 e. The second-order valence-corrected chi connectivity index (χ2v) is 11.1. The van der Waals surface area contributed by atoms with Gasteiger partial charge in [0.05, 0.1) is 6.54 Å². The van der Waals surface area contributed by atoms with Gasteiger partial charge in [-0.1, -0.05) is 20.8 Å². The summed E-state index contributed by atoms with van der Waals surface area (Å²) < 4.78 is 6.09. The van der Waals surface area contributed by atoms with E-state index in [4.69, 9.17) is 4.43 Å². The van der Waals surface area contributed by atoms with Gasteiger partial charge in [0.2, 0.25) is 5.91 Å². The third kappa shape index (κ3) is 4.41. The van der Waals surface area contributed by atoms with Crippen molar-refractivity contribution in [3.05, 3.63) is 0 Å². The number of hydrogen-bond acceptors (Lipinski definition) is 3. The Morgan fingerprint density at radius 1 is 1.41 bits per heavy atom. The van der Waals surface area contributed by atoms with Gasteiger partial charge in [0.25, 0.3) is 0 Å². The van der Waals surface area contributed by atoms with Crippen LogP contribution in [0.1, 0.15) is 27.2 Å². The van der Waals surface area contributed by atoms with E-state index in [2.05, 4.69) is 44.5 Å². The molecule has 5 heteroatoms. The van der Waals surface area contributed by atoms with Gasteiger partial charge in [-0.2, -0.15) is 0 Å². The summed E-state index contributed by atoms with van der Waals surface area (Å²) in [6, 6.07) is 0.223. The first-order valence-corrected chi connectivity index (χ1v) is 9.27. The van der Waals surface area contributed by atoms with Crippen LogP contribution in [0.4, 0.5) is 0 Å². The summed E-state index contributed by atoms with van der Waals surface area (Å²) in [5.41, 5.74) is 0. The van der Waals surface area contributed by atoms with Crippen molar-refractivity contribution in [3.63, 3.8) is 0 Å². The van der Waals surface area contributed by atoms with E-state index in [0.29, 0.717) is 6.54 Å². The van der Waals surface area contributed by atoms with Gasteiger partial charge in [-0.05, 0) is 24.6 Å². The Hall–Kier alpha value is -0.393. The minimum absolute atomic E-state index is 0.0913. The van der Waals surface area contributed by atoms with Gasteiger partial charge in [0.15, 0.2) is 8.32 Å². The van der Waals surface area contributed by atoms with Crippen LogP contribution < -0.4 is 10.6 Å². The molecule has 1 atom stereocenters. The van der Waals surface area contributed by atoms with Crippen molar-refractivity contribution >= 4 is 14.2 Å². The van der Waals surface area contributed by atoms with Gasteiger partial charge in [0, 0.05) is 19.2 Å². The number of carbonyl (C=O) groups excluding carboxylic acids is 1. The zero-order valence-electron chi connectivity index (χ0n) is 11.7. The lowest BCUT2D eigenvalue weighted by Crippen LogP contribution is -2.52. The summed E-state index contributed by atoms with van der Waals surface area (Å²) in [4.78, 5) is 11.2. The van der Waals surface area contributed by atoms with E-state index >= 15 is 0 Å². The van der Waals surface area contributed by atoms with E-state index in [0.717, 1.165) is 19.6 Å². The van der Waals surface area contributed by atoms with Crippen LogP contribution in [0.5, 0.6) is 0 Å². The average molecular weight is 258 g/mol. The number of piperazine rings is 1. The number of rotatable bonds is 4. The average Bonchev–Trinajstić information content (AvgIpc) is 2.15. The molecule has 1 aliphatic rings. The number of amides is 1. The first kappa shape index (κ1) is 14.7. The van der Waals surface area contributed by atoms with E-state index in [1.165, 1.54) is 0 Å². The predicted octanol–water partition coefficient (Wildman–Crippen LogP) is 1.49. The molecule has 1 saturated heterocycles. The standard InChI is InChI=1S/C12H26N2O2Si/c1-12(2,3)17(4,5)16-7-6-10-8-13-9-11(15)14-10/h10,13H,6-9H2,1-5H3,(H,14,15)/t10-/m0/s1. The number of hydrogen-bond donors (Lipinski definition) is 2. The third-order valence-electron chi connectivity index (χ3n) is 3.78. The highest BCUT2D eigenvalue weighted by molar-refractivity contribution is 6.74. The maximum atomic E-state index is 11.2. The van der Waals surface area contributed by atoms with E-state index < -0.39 is 8.32 Å². The Balaban J connectivity index is 2.30. The fourth-order valence-corrected chi connectivity index (χ4v) is 2.60. The van der Waals surface area contributed by atoms with Crippen molar-refractivity contribution in [1.29, 1.82) is 0 Å². The van der Waals surface area contributed by atoms with E-state index in [-0.39, 0.29) is 17.0 Å². The summed E-state index contributed by atoms with van der Waals surface area (Å²) >= 11 is 0. The van der Waals surface area contributed by atoms with Crippen molar-refractivity contribution < 1.29 is 9.22 Å². The molecule has 0 spiro atoms. The molecule has 1 fully saturated rings. The normalized spacial score (nSPS) is 22.4. The van der Waals surface area contributed by atoms with E-state index in [1.807, 2.05) is 0 Å². The summed E-state index contributed by atoms with van der Waals surface area (Å²) in [5.74, 6) is 0.0913. The Bertz CT molecular complexity index is 274. The molecule has 1 rings (SSSR count). The predicted molar refractivity (Wildman–Crippen MR) is 72.6 cm³/mol. The van der Waals surface area contributed by atoms with Crippen LogP contribution in [0, 0.1) is 0 Å². The quantitative estimate of drug-likeness (QED) is 0.751. The molecule has 2 N–H and O–H groups in total. The Morgan fingerprint density at radius 3 is 2.59 bits per heavy atom. The van der Waals surface area contributed by atoms with Crippen molar-refractivity contribution in [2.24, 2.45) is 0 Å². The SMILES string of the molecule is CC(C)(C)[Si](C)(C)OCC[C@H]1CNCC(=O)N1. The molecule has 4 nitrogen and oxygen atoms in total. The zero-order valence-corrected chi connectivity index (χ0v) is 12.7. The largest absolute Gasteiger partial charge is 0.417 e. The molecular formula is C12H26N2O2Si. The lowest BCUT2D eigenvalue weighted by Gasteiger charge is -2.36. The van der Waals surface area contributed by atoms with Crippen molar-refractivity contribution in [3.8, 4) is 0 Å². The molecule has 1 heterocycles. The Morgan fingerprint density at radius 2 is 2.06 bits per heavy atom. The molecular weight excluding hydrogens is 232 g/mol. The highest BCUT2D eigenvalue weighted by atomic mass is 28.4. The van der Waals surface area contributed by atoms with Crippen LogP contribution in [0.25, 0.3) is 0 Å². The van der Waals surface area contributed by atoms with Crippen LogP contribution in [0.2, 0.25) is 18.1 Å². The van der Waals surface area contributed by atoms with Crippen LogP contribution in [-0.2, 0) is 9.22 Å². The summed E-state index contributed by atoms with van der Waals surface area (Å²) in [7, 11) is -1.64. The fourth-order valence-electron chi connectivity index (χ4n) is 1.54. The van der Waals surface area contributed by atoms with E-state index in [1.54, 1.807) is 0 Å². The van der Waals surface area contributed by atoms with Gasteiger partial charge in [-0.15, -0.1) is 0 Å². The lowest BCUT2D eigenvalue weighted by molar-refractivity contribution is -0.122. The maximum Gasteiger partial charge on any atom is 0.234 e. The summed E-state index contributed by atoms with van der Waals surface area (Å²) in [6.45, 7) is 13.3. The van der Waals surface area contributed by atoms with Crippen molar-refractivity contribution in [1.82, 2.24) is 10.6 Å². The van der Waals surface area contributed by atoms with Crippen molar-refractivity contribution in [2.45, 2.75) is 51.4 Å². The second-order valence-electron chi connectivity index (χ2n) is 6.29. The molecule has 100 valence electrons. The molecule has 0 bridgehead atoms. The highest BCUT2D eigenvalue weighted by Crippen LogP contribution is 2.36. The van der Waals surface area contributed by atoms with Crippen LogP contribution >= 0.6 is 0 Å². The zero-order chi connectivity index (χ0) is 13.1. The summed E-state index contributed by atoms with van der Waals surface area (Å²) in [6.07, 6.45) is 0.894. The fraction of sp³-hybridized carbons (Fsp3) is 0.917. The highest BCUT2D eigenvalue weighted by Gasteiger charge is 2.37. The number of carbonyl (C=O) groups is 1.